The van der Waals surface area contributed by atoms with Gasteiger partial charge in [-0.05, 0) is 54.5 Å². The first-order chi connectivity index (χ1) is 22.9. The molecular formula is C39H46O9. The SMILES string of the molecule is CC(=O)O[C@H]1C[C@@H](OC(C)=O)[C@@]2(C)[C@H]3[C@@H](OC[C@]13C)[C@@H](OC(=O)C=Cc1ccccc1)[C@@]1(C)C3=C(C)[C@@H](c4ccoc4)C[C@H]3OCC[C@@H]12. The van der Waals surface area contributed by atoms with Crippen molar-refractivity contribution in [1.82, 2.24) is 0 Å². The maximum absolute atomic E-state index is 13.9. The van der Waals surface area contributed by atoms with Gasteiger partial charge < -0.3 is 28.1 Å². The fraction of sp³-hybridized carbons (Fsp3) is 0.564. The molecule has 11 atom stereocenters. The second-order valence-electron chi connectivity index (χ2n) is 15.1. The number of hydrogen-bond acceptors (Lipinski definition) is 9. The molecule has 2 saturated heterocycles. The summed E-state index contributed by atoms with van der Waals surface area (Å²) in [5.74, 6) is -1.56. The number of fused-ring (bicyclic) bond motifs is 4. The Bertz CT molecular complexity index is 1630. The fourth-order valence-corrected chi connectivity index (χ4v) is 10.9. The first kappa shape index (κ1) is 32.8. The van der Waals surface area contributed by atoms with E-state index in [0.717, 1.165) is 23.1 Å². The van der Waals surface area contributed by atoms with Gasteiger partial charge in [-0.2, -0.15) is 0 Å². The highest BCUT2D eigenvalue weighted by molar-refractivity contribution is 5.87. The molecule has 2 saturated carbocycles. The molecule has 0 amide bonds. The third kappa shape index (κ3) is 4.99. The van der Waals surface area contributed by atoms with E-state index < -0.39 is 52.6 Å². The standard InChI is InChI=1S/C39H46O9/c1-22-27(26-14-16-43-20-26)18-28-33(22)39(6)29(15-17-44-28)38(5)31(47-24(3)41)19-30(46-23(2)40)37(4)21-45-34(35(37)38)36(39)48-32(42)13-12-25-10-8-7-9-11-25/h7-14,16,20,27-31,34-36H,15,17-19,21H2,1-6H3/t27-,28+,29+,30-,31+,34+,35-,36+,37+,38-,39+/m0/s1. The Labute approximate surface area is 282 Å². The van der Waals surface area contributed by atoms with E-state index in [4.69, 9.17) is 28.1 Å². The summed E-state index contributed by atoms with van der Waals surface area (Å²) in [4.78, 5) is 39.0. The third-order valence-electron chi connectivity index (χ3n) is 12.6. The van der Waals surface area contributed by atoms with Crippen LogP contribution >= 0.6 is 0 Å². The van der Waals surface area contributed by atoms with Crippen LogP contribution in [-0.2, 0) is 38.1 Å². The van der Waals surface area contributed by atoms with Crippen LogP contribution in [0.2, 0.25) is 0 Å². The minimum atomic E-state index is -0.742. The molecule has 7 rings (SSSR count). The Balaban J connectivity index is 1.40. The van der Waals surface area contributed by atoms with Gasteiger partial charge in [-0.3, -0.25) is 9.59 Å². The normalized spacial score (nSPS) is 40.0. The van der Waals surface area contributed by atoms with Gasteiger partial charge in [0.25, 0.3) is 0 Å². The Hall–Kier alpha value is -3.69. The molecule has 0 radical (unpaired) electrons. The van der Waals surface area contributed by atoms with Gasteiger partial charge >= 0.3 is 17.9 Å². The van der Waals surface area contributed by atoms with Crippen molar-refractivity contribution in [2.45, 2.75) is 97.2 Å². The summed E-state index contributed by atoms with van der Waals surface area (Å²) >= 11 is 0. The number of hydrogen-bond donors (Lipinski definition) is 0. The lowest BCUT2D eigenvalue weighted by atomic mass is 9.39. The van der Waals surface area contributed by atoms with Crippen LogP contribution in [0, 0.1) is 28.1 Å². The van der Waals surface area contributed by atoms with Crippen molar-refractivity contribution in [2.24, 2.45) is 28.1 Å². The molecule has 0 N–H and O–H groups in total. The largest absolute Gasteiger partial charge is 0.472 e. The number of carbonyl (C=O) groups is 3. The highest BCUT2D eigenvalue weighted by atomic mass is 16.6. The zero-order valence-corrected chi connectivity index (χ0v) is 28.6. The summed E-state index contributed by atoms with van der Waals surface area (Å²) in [6, 6.07) is 11.6. The van der Waals surface area contributed by atoms with E-state index >= 15 is 0 Å². The Kier molecular flexibility index (Phi) is 8.22. The topological polar surface area (TPSA) is 110 Å². The first-order valence-corrected chi connectivity index (χ1v) is 17.1. The van der Waals surface area contributed by atoms with Crippen molar-refractivity contribution in [1.29, 1.82) is 0 Å². The van der Waals surface area contributed by atoms with E-state index in [-0.39, 0.29) is 29.8 Å². The minimum Gasteiger partial charge on any atom is -0.472 e. The van der Waals surface area contributed by atoms with Gasteiger partial charge in [-0.1, -0.05) is 56.7 Å². The first-order valence-electron chi connectivity index (χ1n) is 17.1. The lowest BCUT2D eigenvalue weighted by molar-refractivity contribution is -0.257. The Morgan fingerprint density at radius 3 is 2.33 bits per heavy atom. The average Bonchev–Trinajstić information content (AvgIpc) is 3.75. The second kappa shape index (κ2) is 12.0. The lowest BCUT2D eigenvalue weighted by Gasteiger charge is -2.66. The fourth-order valence-electron chi connectivity index (χ4n) is 10.9. The quantitative estimate of drug-likeness (QED) is 0.150. The average molecular weight is 659 g/mol. The molecule has 0 bridgehead atoms. The van der Waals surface area contributed by atoms with Gasteiger partial charge in [0, 0.05) is 61.0 Å². The van der Waals surface area contributed by atoms with Gasteiger partial charge in [0.1, 0.15) is 18.3 Å². The van der Waals surface area contributed by atoms with Crippen LogP contribution < -0.4 is 0 Å². The lowest BCUT2D eigenvalue weighted by Crippen LogP contribution is -2.72. The van der Waals surface area contributed by atoms with Crippen LogP contribution in [0.4, 0.5) is 0 Å². The summed E-state index contributed by atoms with van der Waals surface area (Å²) in [7, 11) is 0. The molecule has 0 unspecified atom stereocenters. The maximum atomic E-state index is 13.9. The molecule has 3 heterocycles. The van der Waals surface area contributed by atoms with Gasteiger partial charge in [0.05, 0.1) is 31.3 Å². The van der Waals surface area contributed by atoms with Crippen LogP contribution in [0.15, 0.2) is 70.6 Å². The molecule has 2 aliphatic heterocycles. The minimum absolute atomic E-state index is 0.0814. The van der Waals surface area contributed by atoms with E-state index in [0.29, 0.717) is 26.1 Å². The predicted octanol–water partition coefficient (Wildman–Crippen LogP) is 6.43. The van der Waals surface area contributed by atoms with Crippen molar-refractivity contribution in [3.05, 3.63) is 77.3 Å². The van der Waals surface area contributed by atoms with E-state index in [1.54, 1.807) is 18.6 Å². The van der Waals surface area contributed by atoms with Crippen molar-refractivity contribution in [2.75, 3.05) is 13.2 Å². The van der Waals surface area contributed by atoms with Gasteiger partial charge in [0.2, 0.25) is 0 Å². The summed E-state index contributed by atoms with van der Waals surface area (Å²) in [5, 5.41) is 0. The molecule has 4 fully saturated rings. The molecule has 9 heteroatoms. The molecule has 3 aliphatic carbocycles. The van der Waals surface area contributed by atoms with Crippen molar-refractivity contribution < 1.29 is 42.5 Å². The Morgan fingerprint density at radius 2 is 1.65 bits per heavy atom. The van der Waals surface area contributed by atoms with Gasteiger partial charge in [-0.15, -0.1) is 0 Å². The van der Waals surface area contributed by atoms with Gasteiger partial charge in [0.15, 0.2) is 0 Å². The summed E-state index contributed by atoms with van der Waals surface area (Å²) in [6.07, 6.45) is 5.95. The highest BCUT2D eigenvalue weighted by Crippen LogP contribution is 2.72. The molecule has 256 valence electrons. The molecule has 1 aromatic heterocycles. The number of rotatable bonds is 6. The van der Waals surface area contributed by atoms with Crippen molar-refractivity contribution in [3.63, 3.8) is 0 Å². The van der Waals surface area contributed by atoms with Crippen LogP contribution in [0.5, 0.6) is 0 Å². The van der Waals surface area contributed by atoms with Crippen LogP contribution in [0.3, 0.4) is 0 Å². The number of benzene rings is 1. The van der Waals surface area contributed by atoms with E-state index in [9.17, 15) is 14.4 Å². The molecular weight excluding hydrogens is 612 g/mol. The highest BCUT2D eigenvalue weighted by Gasteiger charge is 2.77. The molecule has 9 nitrogen and oxygen atoms in total. The van der Waals surface area contributed by atoms with Gasteiger partial charge in [-0.25, -0.2) is 4.79 Å². The predicted molar refractivity (Wildman–Crippen MR) is 175 cm³/mol. The van der Waals surface area contributed by atoms with Crippen molar-refractivity contribution >= 4 is 24.0 Å². The molecule has 0 spiro atoms. The van der Waals surface area contributed by atoms with E-state index in [1.165, 1.54) is 25.5 Å². The monoisotopic (exact) mass is 658 g/mol. The number of carbonyl (C=O) groups excluding carboxylic acids is 3. The molecule has 5 aliphatic rings. The van der Waals surface area contributed by atoms with Crippen LogP contribution in [-0.4, -0.2) is 61.6 Å². The Morgan fingerprint density at radius 1 is 0.917 bits per heavy atom. The maximum Gasteiger partial charge on any atom is 0.331 e. The smallest absolute Gasteiger partial charge is 0.331 e. The van der Waals surface area contributed by atoms with Crippen LogP contribution in [0.25, 0.3) is 6.08 Å². The zero-order valence-electron chi connectivity index (χ0n) is 28.6. The summed E-state index contributed by atoms with van der Waals surface area (Å²) < 4.78 is 37.9. The zero-order chi connectivity index (χ0) is 34.0. The third-order valence-corrected chi connectivity index (χ3v) is 12.6. The summed E-state index contributed by atoms with van der Waals surface area (Å²) in [5.41, 5.74) is 2.29. The van der Waals surface area contributed by atoms with E-state index in [1.807, 2.05) is 36.4 Å². The van der Waals surface area contributed by atoms with Crippen molar-refractivity contribution in [3.8, 4) is 0 Å². The number of ether oxygens (including phenoxy) is 5. The molecule has 2 aromatic rings. The number of furan rings is 1. The summed E-state index contributed by atoms with van der Waals surface area (Å²) in [6.45, 7) is 12.3. The molecule has 48 heavy (non-hydrogen) atoms. The van der Waals surface area contributed by atoms with Crippen LogP contribution in [0.1, 0.15) is 77.8 Å². The molecule has 1 aromatic carbocycles. The second-order valence-corrected chi connectivity index (χ2v) is 15.1. The van der Waals surface area contributed by atoms with E-state index in [2.05, 4.69) is 27.7 Å². The number of allylic oxidation sites excluding steroid dienone is 1. The number of esters is 3.